The third kappa shape index (κ3) is 2.81. The van der Waals surface area contributed by atoms with E-state index < -0.39 is 6.04 Å². The van der Waals surface area contributed by atoms with Gasteiger partial charge in [0.15, 0.2) is 0 Å². The fraction of sp³-hybridized carbons (Fsp3) is 0.579. The number of nitrogens with one attached hydrogen (secondary N) is 1. The van der Waals surface area contributed by atoms with E-state index in [0.717, 1.165) is 31.4 Å². The molecular formula is C19H24N2O3. The molecule has 5 heteroatoms. The molecule has 4 atom stereocenters. The van der Waals surface area contributed by atoms with Gasteiger partial charge in [-0.05, 0) is 51.2 Å². The van der Waals surface area contributed by atoms with Crippen molar-refractivity contribution in [2.24, 2.45) is 5.92 Å². The summed E-state index contributed by atoms with van der Waals surface area (Å²) in [4.78, 5) is 27.2. The van der Waals surface area contributed by atoms with Gasteiger partial charge in [0.25, 0.3) is 0 Å². The standard InChI is InChI=1S/C19H24N2O3/c1-12-4-6-13(7-5-12)21-10-2-3-16(19(21)23)20-18(22)15-11-14-8-9-17(15)24-14/h4-7,14-17H,2-3,8-11H2,1H3,(H,20,22). The molecule has 5 nitrogen and oxygen atoms in total. The van der Waals surface area contributed by atoms with Gasteiger partial charge >= 0.3 is 0 Å². The molecule has 24 heavy (non-hydrogen) atoms. The summed E-state index contributed by atoms with van der Waals surface area (Å²) in [6.45, 7) is 2.74. The highest BCUT2D eigenvalue weighted by Crippen LogP contribution is 2.39. The number of fused-ring (bicyclic) bond motifs is 2. The van der Waals surface area contributed by atoms with E-state index in [9.17, 15) is 9.59 Å². The predicted octanol–water partition coefficient (Wildman–Crippen LogP) is 2.17. The Labute approximate surface area is 142 Å². The van der Waals surface area contributed by atoms with Crippen LogP contribution in [0.1, 0.15) is 37.7 Å². The molecule has 3 aliphatic rings. The minimum Gasteiger partial charge on any atom is -0.374 e. The average Bonchev–Trinajstić information content (AvgIpc) is 3.21. The van der Waals surface area contributed by atoms with Gasteiger partial charge in [-0.3, -0.25) is 9.59 Å². The number of piperidine rings is 1. The Kier molecular flexibility index (Phi) is 4.04. The summed E-state index contributed by atoms with van der Waals surface area (Å²) in [5.74, 6) is -0.0832. The van der Waals surface area contributed by atoms with E-state index in [4.69, 9.17) is 4.74 Å². The summed E-state index contributed by atoms with van der Waals surface area (Å²) in [6, 6.07) is 7.56. The van der Waals surface area contributed by atoms with Gasteiger partial charge in [-0.2, -0.15) is 0 Å². The lowest BCUT2D eigenvalue weighted by atomic mass is 9.88. The van der Waals surface area contributed by atoms with Crippen LogP contribution in [0.3, 0.4) is 0 Å². The number of hydrogen-bond donors (Lipinski definition) is 1. The van der Waals surface area contributed by atoms with Crippen LogP contribution in [0.15, 0.2) is 24.3 Å². The van der Waals surface area contributed by atoms with Crippen LogP contribution in [0.2, 0.25) is 0 Å². The molecule has 3 aliphatic heterocycles. The van der Waals surface area contributed by atoms with E-state index in [-0.39, 0.29) is 29.9 Å². The first-order valence-electron chi connectivity index (χ1n) is 8.96. The largest absolute Gasteiger partial charge is 0.374 e. The number of aryl methyl sites for hydroxylation is 1. The topological polar surface area (TPSA) is 58.6 Å². The molecule has 2 bridgehead atoms. The van der Waals surface area contributed by atoms with E-state index in [2.05, 4.69) is 5.32 Å². The van der Waals surface area contributed by atoms with Crippen molar-refractivity contribution in [3.8, 4) is 0 Å². The third-order valence-corrected chi connectivity index (χ3v) is 5.54. The Balaban J connectivity index is 1.42. The first-order chi connectivity index (χ1) is 11.6. The predicted molar refractivity (Wildman–Crippen MR) is 90.7 cm³/mol. The molecule has 0 saturated carbocycles. The Hall–Kier alpha value is -1.88. The lowest BCUT2D eigenvalue weighted by Gasteiger charge is -2.33. The van der Waals surface area contributed by atoms with Crippen LogP contribution in [-0.2, 0) is 14.3 Å². The maximum absolute atomic E-state index is 12.8. The second-order valence-electron chi connectivity index (χ2n) is 7.24. The van der Waals surface area contributed by atoms with Gasteiger partial charge < -0.3 is 15.0 Å². The van der Waals surface area contributed by atoms with Crippen molar-refractivity contribution in [3.63, 3.8) is 0 Å². The molecule has 0 spiro atoms. The fourth-order valence-corrected chi connectivity index (χ4v) is 4.18. The second-order valence-corrected chi connectivity index (χ2v) is 7.24. The average molecular weight is 328 g/mol. The van der Waals surface area contributed by atoms with Gasteiger partial charge in [-0.25, -0.2) is 0 Å². The van der Waals surface area contributed by atoms with Crippen molar-refractivity contribution in [1.82, 2.24) is 5.32 Å². The molecule has 0 aromatic heterocycles. The summed E-state index contributed by atoms with van der Waals surface area (Å²) in [7, 11) is 0. The number of anilines is 1. The van der Waals surface area contributed by atoms with Crippen molar-refractivity contribution in [1.29, 1.82) is 0 Å². The van der Waals surface area contributed by atoms with Gasteiger partial charge in [-0.15, -0.1) is 0 Å². The minimum absolute atomic E-state index is 0.00234. The Morgan fingerprint density at radius 1 is 1.21 bits per heavy atom. The number of amides is 2. The zero-order valence-electron chi connectivity index (χ0n) is 14.0. The molecule has 3 fully saturated rings. The van der Waals surface area contributed by atoms with Crippen LogP contribution in [0.25, 0.3) is 0 Å². The van der Waals surface area contributed by atoms with Gasteiger partial charge in [0.1, 0.15) is 6.04 Å². The quantitative estimate of drug-likeness (QED) is 0.925. The molecule has 0 radical (unpaired) electrons. The normalized spacial score (nSPS) is 32.2. The Morgan fingerprint density at radius 3 is 2.67 bits per heavy atom. The monoisotopic (exact) mass is 328 g/mol. The summed E-state index contributed by atoms with van der Waals surface area (Å²) < 4.78 is 5.77. The number of nitrogens with zero attached hydrogens (tertiary/aromatic N) is 1. The molecule has 1 N–H and O–H groups in total. The molecular weight excluding hydrogens is 304 g/mol. The highest BCUT2D eigenvalue weighted by molar-refractivity contribution is 6.00. The number of rotatable bonds is 3. The number of ether oxygens (including phenoxy) is 1. The number of benzene rings is 1. The summed E-state index contributed by atoms with van der Waals surface area (Å²) >= 11 is 0. The van der Waals surface area contributed by atoms with E-state index in [0.29, 0.717) is 13.0 Å². The lowest BCUT2D eigenvalue weighted by molar-refractivity contribution is -0.131. The van der Waals surface area contributed by atoms with Crippen LogP contribution in [-0.4, -0.2) is 36.6 Å². The third-order valence-electron chi connectivity index (χ3n) is 5.54. The maximum atomic E-state index is 12.8. The summed E-state index contributed by atoms with van der Waals surface area (Å²) in [5.41, 5.74) is 2.08. The zero-order valence-corrected chi connectivity index (χ0v) is 14.0. The molecule has 0 aliphatic carbocycles. The van der Waals surface area contributed by atoms with Crippen molar-refractivity contribution in [2.45, 2.75) is 57.3 Å². The molecule has 3 heterocycles. The summed E-state index contributed by atoms with van der Waals surface area (Å²) in [6.07, 6.45) is 4.76. The van der Waals surface area contributed by atoms with Crippen LogP contribution in [0.5, 0.6) is 0 Å². The van der Waals surface area contributed by atoms with Gasteiger partial charge in [-0.1, -0.05) is 17.7 Å². The van der Waals surface area contributed by atoms with Gasteiger partial charge in [0.2, 0.25) is 11.8 Å². The van der Waals surface area contributed by atoms with Crippen molar-refractivity contribution < 1.29 is 14.3 Å². The highest BCUT2D eigenvalue weighted by Gasteiger charge is 2.45. The Morgan fingerprint density at radius 2 is 2.00 bits per heavy atom. The molecule has 3 saturated heterocycles. The molecule has 4 unspecified atom stereocenters. The molecule has 1 aromatic carbocycles. The second kappa shape index (κ2) is 6.20. The number of carbonyl (C=O) groups is 2. The lowest BCUT2D eigenvalue weighted by Crippen LogP contribution is -2.54. The van der Waals surface area contributed by atoms with E-state index in [1.165, 1.54) is 5.56 Å². The van der Waals surface area contributed by atoms with Crippen LogP contribution < -0.4 is 10.2 Å². The van der Waals surface area contributed by atoms with Crippen LogP contribution in [0.4, 0.5) is 5.69 Å². The van der Waals surface area contributed by atoms with E-state index in [1.807, 2.05) is 31.2 Å². The molecule has 4 rings (SSSR count). The Bertz CT molecular complexity index is 643. The van der Waals surface area contributed by atoms with Gasteiger partial charge in [0, 0.05) is 12.2 Å². The van der Waals surface area contributed by atoms with Crippen molar-refractivity contribution in [2.75, 3.05) is 11.4 Å². The van der Waals surface area contributed by atoms with Gasteiger partial charge in [0.05, 0.1) is 18.1 Å². The molecule has 1 aromatic rings. The zero-order chi connectivity index (χ0) is 16.7. The summed E-state index contributed by atoms with van der Waals surface area (Å²) in [5, 5.41) is 3.00. The van der Waals surface area contributed by atoms with Crippen LogP contribution >= 0.6 is 0 Å². The van der Waals surface area contributed by atoms with E-state index in [1.54, 1.807) is 4.90 Å². The first kappa shape index (κ1) is 15.6. The molecule has 2 amide bonds. The van der Waals surface area contributed by atoms with E-state index >= 15 is 0 Å². The molecule has 128 valence electrons. The number of carbonyl (C=O) groups excluding carboxylic acids is 2. The highest BCUT2D eigenvalue weighted by atomic mass is 16.5. The minimum atomic E-state index is -0.410. The first-order valence-corrected chi connectivity index (χ1v) is 8.96. The smallest absolute Gasteiger partial charge is 0.249 e. The number of hydrogen-bond acceptors (Lipinski definition) is 3. The van der Waals surface area contributed by atoms with Crippen molar-refractivity contribution >= 4 is 17.5 Å². The van der Waals surface area contributed by atoms with Crippen LogP contribution in [0, 0.1) is 12.8 Å². The SMILES string of the molecule is Cc1ccc(N2CCCC(NC(=O)C3CC4CCC3O4)C2=O)cc1. The maximum Gasteiger partial charge on any atom is 0.249 e. The van der Waals surface area contributed by atoms with Crippen molar-refractivity contribution in [3.05, 3.63) is 29.8 Å². The fourth-order valence-electron chi connectivity index (χ4n) is 4.18.